The van der Waals surface area contributed by atoms with Gasteiger partial charge in [0.15, 0.2) is 0 Å². The molecule has 0 saturated heterocycles. The summed E-state index contributed by atoms with van der Waals surface area (Å²) in [5, 5.41) is 0. The van der Waals surface area contributed by atoms with Crippen molar-refractivity contribution in [3.63, 3.8) is 0 Å². The number of rotatable bonds is 11. The Kier molecular flexibility index (Phi) is 8.37. The molecule has 1 aromatic carbocycles. The fourth-order valence-electron chi connectivity index (χ4n) is 2.74. The highest BCUT2D eigenvalue weighted by atomic mass is 16.5. The van der Waals surface area contributed by atoms with Gasteiger partial charge < -0.3 is 4.74 Å². The molecule has 0 saturated carbocycles. The Morgan fingerprint density at radius 1 is 0.792 bits per heavy atom. The lowest BCUT2D eigenvalue weighted by atomic mass is 10.1. The number of hydrogen-bond acceptors (Lipinski definition) is 2. The highest BCUT2D eigenvalue weighted by Gasteiger charge is 2.01. The zero-order chi connectivity index (χ0) is 17.0. The van der Waals surface area contributed by atoms with Crippen molar-refractivity contribution in [2.24, 2.45) is 0 Å². The van der Waals surface area contributed by atoms with Crippen LogP contribution in [0.5, 0.6) is 5.75 Å². The highest BCUT2D eigenvalue weighted by molar-refractivity contribution is 5.60. The molecule has 0 aliphatic carbocycles. The molecular weight excluding hydrogens is 294 g/mol. The maximum Gasteiger partial charge on any atom is 0.119 e. The summed E-state index contributed by atoms with van der Waals surface area (Å²) in [4.78, 5) is 4.59. The quantitative estimate of drug-likeness (QED) is 0.443. The maximum atomic E-state index is 5.82. The van der Waals surface area contributed by atoms with Crippen LogP contribution in [0.3, 0.4) is 0 Å². The lowest BCUT2D eigenvalue weighted by Crippen LogP contribution is -1.97. The number of nitrogens with zero attached hydrogens (tertiary/aromatic N) is 1. The van der Waals surface area contributed by atoms with Crippen LogP contribution < -0.4 is 4.74 Å². The van der Waals surface area contributed by atoms with E-state index in [1.54, 1.807) is 0 Å². The van der Waals surface area contributed by atoms with E-state index < -0.39 is 0 Å². The van der Waals surface area contributed by atoms with Crippen LogP contribution in [0.15, 0.2) is 42.6 Å². The summed E-state index contributed by atoms with van der Waals surface area (Å²) in [6, 6.07) is 12.6. The lowest BCUT2D eigenvalue weighted by molar-refractivity contribution is 0.304. The normalized spacial score (nSPS) is 10.8. The highest BCUT2D eigenvalue weighted by Crippen LogP contribution is 2.21. The first-order chi connectivity index (χ1) is 11.8. The number of aromatic nitrogens is 1. The van der Waals surface area contributed by atoms with E-state index >= 15 is 0 Å². The molecule has 0 amide bonds. The predicted molar refractivity (Wildman–Crippen MR) is 103 cm³/mol. The Morgan fingerprint density at radius 3 is 2.21 bits per heavy atom. The standard InChI is InChI=1S/C22H31NO/c1-3-5-7-8-9-17-24-21-14-12-20(13-15-21)22-16-11-19(18-23-22)10-6-4-2/h11-16,18H,3-10,17H2,1-2H3. The predicted octanol–water partition coefficient (Wildman–Crippen LogP) is 6.44. The van der Waals surface area contributed by atoms with Gasteiger partial charge in [-0.25, -0.2) is 0 Å². The smallest absolute Gasteiger partial charge is 0.119 e. The van der Waals surface area contributed by atoms with Crippen LogP contribution in [0.2, 0.25) is 0 Å². The summed E-state index contributed by atoms with van der Waals surface area (Å²) < 4.78 is 5.82. The van der Waals surface area contributed by atoms with Crippen molar-refractivity contribution < 1.29 is 4.74 Å². The van der Waals surface area contributed by atoms with Gasteiger partial charge in [-0.2, -0.15) is 0 Å². The van der Waals surface area contributed by atoms with Crippen molar-refractivity contribution >= 4 is 0 Å². The fraction of sp³-hybridized carbons (Fsp3) is 0.500. The van der Waals surface area contributed by atoms with Crippen LogP contribution in [0.25, 0.3) is 11.3 Å². The van der Waals surface area contributed by atoms with Crippen molar-refractivity contribution in [1.82, 2.24) is 4.98 Å². The fourth-order valence-corrected chi connectivity index (χ4v) is 2.74. The summed E-state index contributed by atoms with van der Waals surface area (Å²) >= 11 is 0. The Bertz CT molecular complexity index is 560. The monoisotopic (exact) mass is 325 g/mol. The first kappa shape index (κ1) is 18.5. The summed E-state index contributed by atoms with van der Waals surface area (Å²) in [5.41, 5.74) is 3.50. The molecule has 0 atom stereocenters. The first-order valence-electron chi connectivity index (χ1n) is 9.51. The molecule has 0 bridgehead atoms. The summed E-state index contributed by atoms with van der Waals surface area (Å²) in [7, 11) is 0. The minimum atomic E-state index is 0.813. The molecule has 2 heteroatoms. The number of hydrogen-bond donors (Lipinski definition) is 0. The topological polar surface area (TPSA) is 22.1 Å². The van der Waals surface area contributed by atoms with Gasteiger partial charge in [0, 0.05) is 11.8 Å². The van der Waals surface area contributed by atoms with Crippen LogP contribution in [0.1, 0.15) is 64.4 Å². The average molecular weight is 325 g/mol. The molecule has 0 fully saturated rings. The second-order valence-electron chi connectivity index (χ2n) is 6.44. The number of pyridine rings is 1. The molecule has 1 aromatic heterocycles. The van der Waals surface area contributed by atoms with Crippen molar-refractivity contribution in [2.45, 2.75) is 65.2 Å². The number of benzene rings is 1. The van der Waals surface area contributed by atoms with Crippen LogP contribution in [0.4, 0.5) is 0 Å². The van der Waals surface area contributed by atoms with E-state index in [-0.39, 0.29) is 0 Å². The molecule has 0 aliphatic heterocycles. The van der Waals surface area contributed by atoms with E-state index in [1.807, 2.05) is 18.3 Å². The average Bonchev–Trinajstić information content (AvgIpc) is 2.64. The molecule has 130 valence electrons. The van der Waals surface area contributed by atoms with E-state index in [9.17, 15) is 0 Å². The maximum absolute atomic E-state index is 5.82. The molecule has 1 heterocycles. The van der Waals surface area contributed by atoms with Crippen LogP contribution >= 0.6 is 0 Å². The van der Waals surface area contributed by atoms with Crippen molar-refractivity contribution in [2.75, 3.05) is 6.61 Å². The molecule has 0 radical (unpaired) electrons. The van der Waals surface area contributed by atoms with E-state index in [2.05, 4.69) is 43.1 Å². The van der Waals surface area contributed by atoms with Gasteiger partial charge in [0.2, 0.25) is 0 Å². The Labute approximate surface area is 147 Å². The van der Waals surface area contributed by atoms with Crippen molar-refractivity contribution in [1.29, 1.82) is 0 Å². The minimum Gasteiger partial charge on any atom is -0.494 e. The van der Waals surface area contributed by atoms with Gasteiger partial charge in [-0.05, 0) is 55.2 Å². The van der Waals surface area contributed by atoms with Gasteiger partial charge in [-0.15, -0.1) is 0 Å². The largest absolute Gasteiger partial charge is 0.494 e. The van der Waals surface area contributed by atoms with Crippen molar-refractivity contribution in [3.05, 3.63) is 48.2 Å². The van der Waals surface area contributed by atoms with Crippen molar-refractivity contribution in [3.8, 4) is 17.0 Å². The number of ether oxygens (including phenoxy) is 1. The zero-order valence-corrected chi connectivity index (χ0v) is 15.3. The third-order valence-corrected chi connectivity index (χ3v) is 4.31. The van der Waals surface area contributed by atoms with Gasteiger partial charge in [0.1, 0.15) is 5.75 Å². The molecule has 0 spiro atoms. The molecular formula is C22H31NO. The van der Waals surface area contributed by atoms with E-state index in [1.165, 1.54) is 44.1 Å². The minimum absolute atomic E-state index is 0.813. The molecule has 0 N–H and O–H groups in total. The molecule has 2 rings (SSSR count). The Morgan fingerprint density at radius 2 is 1.54 bits per heavy atom. The molecule has 2 nitrogen and oxygen atoms in total. The van der Waals surface area contributed by atoms with E-state index in [0.29, 0.717) is 0 Å². The summed E-state index contributed by atoms with van der Waals surface area (Å²) in [6.45, 7) is 5.27. The van der Waals surface area contributed by atoms with Gasteiger partial charge in [-0.1, -0.05) is 52.0 Å². The van der Waals surface area contributed by atoms with Gasteiger partial charge in [0.05, 0.1) is 12.3 Å². The second-order valence-corrected chi connectivity index (χ2v) is 6.44. The summed E-state index contributed by atoms with van der Waals surface area (Å²) in [5.74, 6) is 0.953. The number of unbranched alkanes of at least 4 members (excludes halogenated alkanes) is 5. The summed E-state index contributed by atoms with van der Waals surface area (Å²) in [6.07, 6.45) is 11.9. The molecule has 24 heavy (non-hydrogen) atoms. The van der Waals surface area contributed by atoms with Crippen LogP contribution in [-0.4, -0.2) is 11.6 Å². The zero-order valence-electron chi connectivity index (χ0n) is 15.3. The Hall–Kier alpha value is -1.83. The van der Waals surface area contributed by atoms with Gasteiger partial charge in [0.25, 0.3) is 0 Å². The number of aryl methyl sites for hydroxylation is 1. The first-order valence-corrected chi connectivity index (χ1v) is 9.51. The van der Waals surface area contributed by atoms with Gasteiger partial charge >= 0.3 is 0 Å². The van der Waals surface area contributed by atoms with Gasteiger partial charge in [-0.3, -0.25) is 4.98 Å². The van der Waals surface area contributed by atoms with E-state index in [4.69, 9.17) is 4.74 Å². The Balaban J connectivity index is 1.80. The third-order valence-electron chi connectivity index (χ3n) is 4.31. The van der Waals surface area contributed by atoms with Crippen LogP contribution in [-0.2, 0) is 6.42 Å². The lowest BCUT2D eigenvalue weighted by Gasteiger charge is -2.07. The van der Waals surface area contributed by atoms with Crippen LogP contribution in [0, 0.1) is 0 Å². The third kappa shape index (κ3) is 6.35. The van der Waals surface area contributed by atoms with E-state index in [0.717, 1.165) is 36.5 Å². The SMILES string of the molecule is CCCCCCCOc1ccc(-c2ccc(CCCC)cn2)cc1. The second kappa shape index (κ2) is 10.9. The molecule has 0 aliphatic rings. The molecule has 2 aromatic rings. The molecule has 0 unspecified atom stereocenters.